The van der Waals surface area contributed by atoms with Gasteiger partial charge in [0.2, 0.25) is 0 Å². The van der Waals surface area contributed by atoms with Crippen molar-refractivity contribution in [3.05, 3.63) is 89.2 Å². The molecule has 4 aromatic rings. The highest BCUT2D eigenvalue weighted by Gasteiger charge is 2.35. The number of hydrogen-bond donors (Lipinski definition) is 1. The van der Waals surface area contributed by atoms with Crippen molar-refractivity contribution in [1.29, 1.82) is 0 Å². The molecule has 8 nitrogen and oxygen atoms in total. The van der Waals surface area contributed by atoms with Crippen molar-refractivity contribution in [3.8, 4) is 11.5 Å². The van der Waals surface area contributed by atoms with Crippen molar-refractivity contribution in [3.63, 3.8) is 0 Å². The predicted molar refractivity (Wildman–Crippen MR) is 146 cm³/mol. The number of aromatic nitrogens is 2. The van der Waals surface area contributed by atoms with Gasteiger partial charge in [0.05, 0.1) is 41.1 Å². The van der Waals surface area contributed by atoms with Gasteiger partial charge in [-0.3, -0.25) is 9.36 Å². The molecule has 1 aliphatic heterocycles. The van der Waals surface area contributed by atoms with E-state index in [-0.39, 0.29) is 17.7 Å². The Labute approximate surface area is 224 Å². The number of ether oxygens (including phenoxy) is 3. The zero-order valence-electron chi connectivity index (χ0n) is 20.6. The molecule has 2 aromatic carbocycles. The fourth-order valence-corrected chi connectivity index (χ4v) is 6.10. The zero-order chi connectivity index (χ0) is 26.3. The number of thiazole rings is 1. The van der Waals surface area contributed by atoms with Crippen LogP contribution in [0.25, 0.3) is 17.0 Å². The van der Waals surface area contributed by atoms with E-state index in [1.807, 2.05) is 36.5 Å². The van der Waals surface area contributed by atoms with Crippen LogP contribution in [0.1, 0.15) is 31.0 Å². The van der Waals surface area contributed by atoms with Crippen molar-refractivity contribution in [1.82, 2.24) is 9.55 Å². The normalized spacial score (nSPS) is 15.5. The predicted octanol–water partition coefficient (Wildman–Crippen LogP) is 4.06. The van der Waals surface area contributed by atoms with Crippen molar-refractivity contribution >= 4 is 50.2 Å². The quantitative estimate of drug-likeness (QED) is 0.346. The van der Waals surface area contributed by atoms with Gasteiger partial charge < -0.3 is 19.2 Å². The third-order valence-corrected chi connectivity index (χ3v) is 7.83. The van der Waals surface area contributed by atoms with Crippen LogP contribution in [0.15, 0.2) is 68.1 Å². The Hall–Kier alpha value is -3.63. The Morgan fingerprint density at radius 1 is 1.22 bits per heavy atom. The van der Waals surface area contributed by atoms with E-state index in [4.69, 9.17) is 14.2 Å². The third-order valence-electron chi connectivity index (χ3n) is 6.22. The Bertz CT molecular complexity index is 1750. The molecule has 1 N–H and O–H groups in total. The third kappa shape index (κ3) is 4.30. The summed E-state index contributed by atoms with van der Waals surface area (Å²) in [5.41, 5.74) is 2.98. The molecule has 0 saturated heterocycles. The average Bonchev–Trinajstić information content (AvgIpc) is 3.43. The number of nitrogens with zero attached hydrogens (tertiary/aromatic N) is 2. The summed E-state index contributed by atoms with van der Waals surface area (Å²) in [6.07, 6.45) is 3.73. The number of carbonyl (C=O) groups is 1. The molecule has 3 heterocycles. The summed E-state index contributed by atoms with van der Waals surface area (Å²) in [7, 11) is 3.09. The molecule has 1 aliphatic rings. The molecule has 2 aromatic heterocycles. The molecule has 0 radical (unpaired) electrons. The van der Waals surface area contributed by atoms with Gasteiger partial charge in [-0.1, -0.05) is 29.5 Å². The molecule has 0 bridgehead atoms. The van der Waals surface area contributed by atoms with Crippen LogP contribution in [-0.2, 0) is 9.53 Å². The van der Waals surface area contributed by atoms with Crippen LogP contribution in [0.5, 0.6) is 11.5 Å². The van der Waals surface area contributed by atoms with E-state index in [1.54, 1.807) is 37.7 Å². The fourth-order valence-electron chi connectivity index (χ4n) is 4.54. The number of aromatic amines is 1. The number of esters is 1. The topological polar surface area (TPSA) is 94.9 Å². The largest absolute Gasteiger partial charge is 0.496 e. The van der Waals surface area contributed by atoms with Crippen LogP contribution in [0.2, 0.25) is 0 Å². The number of para-hydroxylation sites is 1. The number of halogens is 1. The summed E-state index contributed by atoms with van der Waals surface area (Å²) in [6.45, 7) is 3.68. The molecule has 0 amide bonds. The zero-order valence-corrected chi connectivity index (χ0v) is 23.0. The second-order valence-electron chi connectivity index (χ2n) is 8.32. The molecule has 0 saturated carbocycles. The SMILES string of the molecule is CCOC(=O)C1=C(C)N=c2sc(=Cc3c[nH]c4ccccc34)c(=O)n2[C@@H]1c1cc(Br)c(OC)cc1OC. The minimum absolute atomic E-state index is 0.191. The first-order valence-electron chi connectivity index (χ1n) is 11.5. The van der Waals surface area contributed by atoms with E-state index in [0.717, 1.165) is 16.5 Å². The van der Waals surface area contributed by atoms with Gasteiger partial charge in [-0.15, -0.1) is 0 Å². The molecule has 10 heteroatoms. The minimum atomic E-state index is -0.808. The maximum Gasteiger partial charge on any atom is 0.338 e. The highest BCUT2D eigenvalue weighted by molar-refractivity contribution is 9.10. The molecule has 37 heavy (non-hydrogen) atoms. The van der Waals surface area contributed by atoms with Gasteiger partial charge in [0.25, 0.3) is 5.56 Å². The fraction of sp³-hybridized carbons (Fsp3) is 0.222. The van der Waals surface area contributed by atoms with E-state index in [0.29, 0.717) is 36.6 Å². The molecule has 0 fully saturated rings. The summed E-state index contributed by atoms with van der Waals surface area (Å²) in [4.78, 5) is 35.5. The summed E-state index contributed by atoms with van der Waals surface area (Å²) in [5, 5.41) is 1.01. The second kappa shape index (κ2) is 10.0. The number of methoxy groups -OCH3 is 2. The Balaban J connectivity index is 1.79. The molecule has 5 rings (SSSR count). The lowest BCUT2D eigenvalue weighted by atomic mass is 9.95. The van der Waals surface area contributed by atoms with Gasteiger partial charge in [-0.2, -0.15) is 0 Å². The van der Waals surface area contributed by atoms with Crippen LogP contribution in [-0.4, -0.2) is 36.3 Å². The molecular formula is C27H24BrN3O5S. The molecule has 0 aliphatic carbocycles. The Morgan fingerprint density at radius 3 is 2.70 bits per heavy atom. The van der Waals surface area contributed by atoms with E-state index < -0.39 is 12.0 Å². The van der Waals surface area contributed by atoms with Gasteiger partial charge in [0.1, 0.15) is 17.5 Å². The van der Waals surface area contributed by atoms with E-state index in [9.17, 15) is 9.59 Å². The van der Waals surface area contributed by atoms with E-state index in [2.05, 4.69) is 25.9 Å². The van der Waals surface area contributed by atoms with Crippen LogP contribution >= 0.6 is 27.3 Å². The summed E-state index contributed by atoms with van der Waals surface area (Å²) >= 11 is 4.81. The maximum absolute atomic E-state index is 13.9. The number of hydrogen-bond acceptors (Lipinski definition) is 7. The van der Waals surface area contributed by atoms with Crippen molar-refractivity contribution in [2.75, 3.05) is 20.8 Å². The standard InChI is InChI=1S/C27H24BrN3O5S/c1-5-36-26(33)23-14(2)30-27-31(24(23)17-11-18(28)21(35-4)12-20(17)34-3)25(32)22(37-27)10-15-13-29-19-9-7-6-8-16(15)19/h6-13,24,29H,5H2,1-4H3/t24-/m1/s1. The number of benzene rings is 2. The van der Waals surface area contributed by atoms with Gasteiger partial charge in [-0.25, -0.2) is 9.79 Å². The van der Waals surface area contributed by atoms with Crippen LogP contribution in [0, 0.1) is 0 Å². The van der Waals surface area contributed by atoms with Crippen molar-refractivity contribution in [2.24, 2.45) is 4.99 Å². The molecule has 190 valence electrons. The number of carbonyl (C=O) groups excluding carboxylic acids is 1. The summed E-state index contributed by atoms with van der Waals surface area (Å²) < 4.78 is 19.2. The van der Waals surface area contributed by atoms with Crippen molar-refractivity contribution < 1.29 is 19.0 Å². The first kappa shape index (κ1) is 25.0. The van der Waals surface area contributed by atoms with E-state index >= 15 is 0 Å². The first-order chi connectivity index (χ1) is 17.9. The Morgan fingerprint density at radius 2 is 1.97 bits per heavy atom. The van der Waals surface area contributed by atoms with Crippen LogP contribution in [0.3, 0.4) is 0 Å². The molecule has 0 unspecified atom stereocenters. The molecular weight excluding hydrogens is 558 g/mol. The van der Waals surface area contributed by atoms with Gasteiger partial charge >= 0.3 is 5.97 Å². The van der Waals surface area contributed by atoms with Crippen LogP contribution in [0.4, 0.5) is 0 Å². The Kier molecular flexibility index (Phi) is 6.78. The lowest BCUT2D eigenvalue weighted by Gasteiger charge is -2.26. The summed E-state index contributed by atoms with van der Waals surface area (Å²) in [5.74, 6) is 0.493. The lowest BCUT2D eigenvalue weighted by Crippen LogP contribution is -2.40. The maximum atomic E-state index is 13.9. The smallest absolute Gasteiger partial charge is 0.338 e. The monoisotopic (exact) mass is 581 g/mol. The number of H-pyrrole nitrogens is 1. The molecule has 0 spiro atoms. The lowest BCUT2D eigenvalue weighted by molar-refractivity contribution is -0.139. The van der Waals surface area contributed by atoms with Gasteiger partial charge in [0, 0.05) is 34.3 Å². The first-order valence-corrected chi connectivity index (χ1v) is 13.2. The molecule has 1 atom stereocenters. The van der Waals surface area contributed by atoms with Crippen LogP contribution < -0.4 is 24.4 Å². The van der Waals surface area contributed by atoms with Crippen molar-refractivity contribution in [2.45, 2.75) is 19.9 Å². The van der Waals surface area contributed by atoms with E-state index in [1.165, 1.54) is 18.4 Å². The highest BCUT2D eigenvalue weighted by atomic mass is 79.9. The van der Waals surface area contributed by atoms with Gasteiger partial charge in [-0.05, 0) is 48.0 Å². The summed E-state index contributed by atoms with van der Waals surface area (Å²) in [6, 6.07) is 10.6. The average molecular weight is 582 g/mol. The minimum Gasteiger partial charge on any atom is -0.496 e. The van der Waals surface area contributed by atoms with Gasteiger partial charge in [0.15, 0.2) is 4.80 Å². The number of rotatable bonds is 6. The number of nitrogens with one attached hydrogen (secondary N) is 1. The highest BCUT2D eigenvalue weighted by Crippen LogP contribution is 2.41. The second-order valence-corrected chi connectivity index (χ2v) is 10.2. The number of allylic oxidation sites excluding steroid dienone is 1. The number of fused-ring (bicyclic) bond motifs is 2.